The second kappa shape index (κ2) is 8.14. The summed E-state index contributed by atoms with van der Waals surface area (Å²) in [5.74, 6) is 0.878. The van der Waals surface area contributed by atoms with Gasteiger partial charge in [-0.3, -0.25) is 0 Å². The summed E-state index contributed by atoms with van der Waals surface area (Å²) < 4.78 is 47.4. The minimum atomic E-state index is -4.75. The van der Waals surface area contributed by atoms with E-state index in [1.165, 1.54) is 40.7 Å². The van der Waals surface area contributed by atoms with Crippen molar-refractivity contribution in [1.82, 2.24) is 30.3 Å². The highest BCUT2D eigenvalue weighted by atomic mass is 32.2. The summed E-state index contributed by atoms with van der Waals surface area (Å²) in [4.78, 5) is 4.37. The van der Waals surface area contributed by atoms with Crippen LogP contribution < -0.4 is 4.74 Å². The fourth-order valence-corrected chi connectivity index (χ4v) is 3.29. The fraction of sp³-hybridized carbons (Fsp3) is 0.167. The van der Waals surface area contributed by atoms with E-state index in [-0.39, 0.29) is 5.75 Å². The first-order valence-corrected chi connectivity index (χ1v) is 9.53. The van der Waals surface area contributed by atoms with E-state index < -0.39 is 6.36 Å². The predicted octanol–water partition coefficient (Wildman–Crippen LogP) is 4.21. The number of benzene rings is 2. The van der Waals surface area contributed by atoms with Crippen LogP contribution in [-0.2, 0) is 5.75 Å². The third-order valence-electron chi connectivity index (χ3n) is 3.82. The Balaban J connectivity index is 1.45. The van der Waals surface area contributed by atoms with Crippen molar-refractivity contribution in [2.75, 3.05) is 0 Å². The Morgan fingerprint density at radius 1 is 1.13 bits per heavy atom. The lowest BCUT2D eigenvalue weighted by atomic mass is 10.1. The molecule has 0 saturated heterocycles. The smallest absolute Gasteiger partial charge is 0.406 e. The molecule has 12 heteroatoms. The number of hydrogen-bond acceptors (Lipinski definition) is 8. The largest absolute Gasteiger partial charge is 0.573 e. The third-order valence-corrected chi connectivity index (χ3v) is 4.73. The number of rotatable bonds is 6. The summed E-state index contributed by atoms with van der Waals surface area (Å²) in [6.45, 7) is 1.97. The topological polar surface area (TPSA) is 91.8 Å². The molecule has 0 unspecified atom stereocenters. The molecule has 154 valence electrons. The molecule has 2 heterocycles. The molecule has 30 heavy (non-hydrogen) atoms. The van der Waals surface area contributed by atoms with Gasteiger partial charge in [-0.2, -0.15) is 9.67 Å². The van der Waals surface area contributed by atoms with Gasteiger partial charge in [-0.05, 0) is 53.7 Å². The van der Waals surface area contributed by atoms with Crippen molar-refractivity contribution in [3.05, 3.63) is 59.9 Å². The van der Waals surface area contributed by atoms with Gasteiger partial charge < -0.3 is 9.26 Å². The average Bonchev–Trinajstić information content (AvgIpc) is 3.35. The number of aromatic nitrogens is 6. The first-order chi connectivity index (χ1) is 14.4. The monoisotopic (exact) mass is 434 g/mol. The number of nitrogens with zero attached hydrogens (tertiary/aromatic N) is 6. The lowest BCUT2D eigenvalue weighted by molar-refractivity contribution is -0.274. The van der Waals surface area contributed by atoms with Crippen molar-refractivity contribution in [3.8, 4) is 22.9 Å². The van der Waals surface area contributed by atoms with Gasteiger partial charge in [-0.1, -0.05) is 34.6 Å². The highest BCUT2D eigenvalue weighted by Crippen LogP contribution is 2.26. The molecule has 0 bridgehead atoms. The van der Waals surface area contributed by atoms with Gasteiger partial charge in [-0.15, -0.1) is 18.3 Å². The summed E-state index contributed by atoms with van der Waals surface area (Å²) >= 11 is 1.26. The normalized spacial score (nSPS) is 11.6. The van der Waals surface area contributed by atoms with Gasteiger partial charge >= 0.3 is 6.36 Å². The van der Waals surface area contributed by atoms with Crippen molar-refractivity contribution in [3.63, 3.8) is 0 Å². The van der Waals surface area contributed by atoms with Gasteiger partial charge in [0.25, 0.3) is 5.89 Å². The van der Waals surface area contributed by atoms with Crippen molar-refractivity contribution < 1.29 is 22.4 Å². The van der Waals surface area contributed by atoms with Crippen LogP contribution in [0.5, 0.6) is 5.75 Å². The van der Waals surface area contributed by atoms with Gasteiger partial charge in [0.1, 0.15) is 5.75 Å². The van der Waals surface area contributed by atoms with Gasteiger partial charge in [0.15, 0.2) is 5.82 Å². The van der Waals surface area contributed by atoms with Crippen LogP contribution in [0.2, 0.25) is 0 Å². The number of thioether (sulfide) groups is 1. The van der Waals surface area contributed by atoms with Gasteiger partial charge in [0, 0.05) is 5.56 Å². The molecule has 0 saturated carbocycles. The van der Waals surface area contributed by atoms with Gasteiger partial charge in [0.2, 0.25) is 5.16 Å². The summed E-state index contributed by atoms with van der Waals surface area (Å²) in [6.07, 6.45) is -4.75. The minimum Gasteiger partial charge on any atom is -0.406 e. The first-order valence-electron chi connectivity index (χ1n) is 8.54. The molecule has 0 N–H and O–H groups in total. The number of tetrazole rings is 1. The highest BCUT2D eigenvalue weighted by molar-refractivity contribution is 7.98. The maximum Gasteiger partial charge on any atom is 0.573 e. The van der Waals surface area contributed by atoms with Crippen LogP contribution in [0, 0.1) is 6.92 Å². The van der Waals surface area contributed by atoms with Gasteiger partial charge in [-0.25, -0.2) is 0 Å². The second-order valence-electron chi connectivity index (χ2n) is 6.09. The number of halogens is 3. The Kier molecular flexibility index (Phi) is 5.40. The fourth-order valence-electron chi connectivity index (χ4n) is 2.56. The average molecular weight is 434 g/mol. The van der Waals surface area contributed by atoms with Crippen molar-refractivity contribution >= 4 is 11.8 Å². The highest BCUT2D eigenvalue weighted by Gasteiger charge is 2.31. The molecule has 0 amide bonds. The molecule has 0 aliphatic carbocycles. The lowest BCUT2D eigenvalue weighted by Gasteiger charge is -2.09. The standard InChI is InChI=1S/C18H13F3N6O2S/c1-11-3-2-4-12(9-11)16-22-15(24-29-16)10-30-17-23-25-26-27(17)13-5-7-14(8-6-13)28-18(19,20)21/h2-9H,10H2,1H3. The molecule has 0 fully saturated rings. The summed E-state index contributed by atoms with van der Waals surface area (Å²) in [5, 5.41) is 15.8. The van der Waals surface area contributed by atoms with E-state index in [9.17, 15) is 13.2 Å². The molecule has 2 aromatic heterocycles. The molecule has 0 aliphatic rings. The number of ether oxygens (including phenoxy) is 1. The number of aryl methyl sites for hydroxylation is 1. The van der Waals surface area contributed by atoms with E-state index in [4.69, 9.17) is 4.52 Å². The third kappa shape index (κ3) is 4.76. The van der Waals surface area contributed by atoms with Crippen molar-refractivity contribution in [2.24, 2.45) is 0 Å². The maximum absolute atomic E-state index is 12.3. The van der Waals surface area contributed by atoms with Crippen LogP contribution in [-0.4, -0.2) is 36.7 Å². The van der Waals surface area contributed by atoms with E-state index >= 15 is 0 Å². The van der Waals surface area contributed by atoms with E-state index in [1.807, 2.05) is 31.2 Å². The molecule has 4 aromatic rings. The predicted molar refractivity (Wildman–Crippen MR) is 99.9 cm³/mol. The molecule has 0 radical (unpaired) electrons. The van der Waals surface area contributed by atoms with Crippen LogP contribution in [0.15, 0.2) is 58.2 Å². The molecule has 4 rings (SSSR count). The molecule has 0 aliphatic heterocycles. The Morgan fingerprint density at radius 2 is 1.93 bits per heavy atom. The molecule has 2 aromatic carbocycles. The zero-order valence-electron chi connectivity index (χ0n) is 15.4. The maximum atomic E-state index is 12.3. The first kappa shape index (κ1) is 19.9. The van der Waals surface area contributed by atoms with Crippen LogP contribution in [0.25, 0.3) is 17.1 Å². The van der Waals surface area contributed by atoms with Crippen LogP contribution >= 0.6 is 11.8 Å². The lowest BCUT2D eigenvalue weighted by Crippen LogP contribution is -2.17. The summed E-state index contributed by atoms with van der Waals surface area (Å²) in [7, 11) is 0. The van der Waals surface area contributed by atoms with Crippen LogP contribution in [0.4, 0.5) is 13.2 Å². The Bertz CT molecular complexity index is 1140. The quantitative estimate of drug-likeness (QED) is 0.417. The van der Waals surface area contributed by atoms with Crippen molar-refractivity contribution in [1.29, 1.82) is 0 Å². The zero-order chi connectivity index (χ0) is 21.1. The molecular formula is C18H13F3N6O2S. The van der Waals surface area contributed by atoms with Crippen LogP contribution in [0.1, 0.15) is 11.4 Å². The number of alkyl halides is 3. The second-order valence-corrected chi connectivity index (χ2v) is 7.03. The van der Waals surface area contributed by atoms with Crippen molar-refractivity contribution in [2.45, 2.75) is 24.2 Å². The Hall–Kier alpha value is -3.41. The zero-order valence-corrected chi connectivity index (χ0v) is 16.2. The molecule has 8 nitrogen and oxygen atoms in total. The Labute approximate surface area is 172 Å². The summed E-state index contributed by atoms with van der Waals surface area (Å²) in [5.41, 5.74) is 2.38. The van der Waals surface area contributed by atoms with E-state index in [2.05, 4.69) is 30.4 Å². The van der Waals surface area contributed by atoms with Gasteiger partial charge in [0.05, 0.1) is 11.4 Å². The molecule has 0 atom stereocenters. The summed E-state index contributed by atoms with van der Waals surface area (Å²) in [6, 6.07) is 12.9. The molecule has 0 spiro atoms. The van der Waals surface area contributed by atoms with E-state index in [0.717, 1.165) is 11.1 Å². The SMILES string of the molecule is Cc1cccc(-c2nc(CSc3nnnn3-c3ccc(OC(F)(F)F)cc3)no2)c1. The van der Waals surface area contributed by atoms with E-state index in [1.54, 1.807) is 0 Å². The Morgan fingerprint density at radius 3 is 2.67 bits per heavy atom. The van der Waals surface area contributed by atoms with Crippen LogP contribution in [0.3, 0.4) is 0 Å². The molecular weight excluding hydrogens is 421 g/mol. The number of hydrogen-bond donors (Lipinski definition) is 0. The van der Waals surface area contributed by atoms with E-state index in [0.29, 0.717) is 28.3 Å². The minimum absolute atomic E-state index is 0.330.